The van der Waals surface area contributed by atoms with Crippen molar-refractivity contribution in [2.24, 2.45) is 0 Å². The molecule has 0 rings (SSSR count). The molecule has 6 heteroatoms. The molecule has 6 nitrogen and oxygen atoms in total. The fourth-order valence-corrected chi connectivity index (χ4v) is 8.14. The van der Waals surface area contributed by atoms with Crippen LogP contribution >= 0.6 is 0 Å². The van der Waals surface area contributed by atoms with E-state index in [1.165, 1.54) is 148 Å². The molecule has 0 N–H and O–H groups in total. The highest BCUT2D eigenvalue weighted by atomic mass is 16.6. The number of carbonyl (C=O) groups excluding carboxylic acids is 3. The van der Waals surface area contributed by atoms with E-state index in [9.17, 15) is 14.4 Å². The second-order valence-corrected chi connectivity index (χ2v) is 18.8. The lowest BCUT2D eigenvalue weighted by atomic mass is 10.0. The highest BCUT2D eigenvalue weighted by molar-refractivity contribution is 5.71. The molecule has 0 heterocycles. The maximum Gasteiger partial charge on any atom is 0.306 e. The number of allylic oxidation sites excluding steroid dienone is 8. The largest absolute Gasteiger partial charge is 0.462 e. The standard InChI is InChI=1S/C59H106O6/c1-4-7-10-13-15-17-19-21-23-25-27-28-29-30-32-33-35-37-39-41-43-46-49-52-58(61)64-55-56(54-63-57(60)51-48-45-12-9-6-3)65-59(62)53-50-47-44-42-40-38-36-34-31-26-24-22-20-18-16-14-11-8-5-2/h8,11,16,18,22,24,31,34,56H,4-7,9-10,12-15,17,19-21,23,25-30,32-33,35-55H2,1-3H3/b11-8-,18-16-,24-22-,34-31-. The van der Waals surface area contributed by atoms with E-state index < -0.39 is 6.10 Å². The molecule has 0 aliphatic carbocycles. The van der Waals surface area contributed by atoms with Crippen molar-refractivity contribution in [3.8, 4) is 0 Å². The van der Waals surface area contributed by atoms with E-state index in [4.69, 9.17) is 14.2 Å². The monoisotopic (exact) mass is 911 g/mol. The maximum absolute atomic E-state index is 12.8. The SMILES string of the molecule is CC/C=C\C/C=C\C/C=C\C/C=C\CCCCCCCCC(=O)OC(COC(=O)CCCCCCC)COC(=O)CCCCCCCCCCCCCCCCCCCCCCCCC. The third-order valence-electron chi connectivity index (χ3n) is 12.3. The Morgan fingerprint density at radius 2 is 0.600 bits per heavy atom. The van der Waals surface area contributed by atoms with Gasteiger partial charge in [-0.2, -0.15) is 0 Å². The van der Waals surface area contributed by atoms with E-state index in [-0.39, 0.29) is 31.1 Å². The molecular formula is C59H106O6. The van der Waals surface area contributed by atoms with Gasteiger partial charge in [0.25, 0.3) is 0 Å². The van der Waals surface area contributed by atoms with Crippen LogP contribution in [0, 0.1) is 0 Å². The molecule has 0 radical (unpaired) electrons. The first kappa shape index (κ1) is 62.4. The summed E-state index contributed by atoms with van der Waals surface area (Å²) in [4.78, 5) is 37.8. The molecule has 0 amide bonds. The minimum absolute atomic E-state index is 0.0764. The normalized spacial score (nSPS) is 12.4. The molecule has 378 valence electrons. The van der Waals surface area contributed by atoms with E-state index in [0.717, 1.165) is 103 Å². The molecule has 0 aromatic carbocycles. The zero-order valence-electron chi connectivity index (χ0n) is 43.3. The summed E-state index contributed by atoms with van der Waals surface area (Å²) in [5, 5.41) is 0. The summed E-state index contributed by atoms with van der Waals surface area (Å²) in [7, 11) is 0. The third kappa shape index (κ3) is 52.2. The zero-order chi connectivity index (χ0) is 47.2. The first-order chi connectivity index (χ1) is 32.0. The van der Waals surface area contributed by atoms with E-state index in [1.807, 2.05) is 0 Å². The quantitative estimate of drug-likeness (QED) is 0.0262. The van der Waals surface area contributed by atoms with Crippen molar-refractivity contribution < 1.29 is 28.6 Å². The first-order valence-electron chi connectivity index (χ1n) is 28.1. The van der Waals surface area contributed by atoms with Gasteiger partial charge >= 0.3 is 17.9 Å². The molecule has 65 heavy (non-hydrogen) atoms. The molecule has 0 aliphatic heterocycles. The molecular weight excluding hydrogens is 805 g/mol. The van der Waals surface area contributed by atoms with Crippen LogP contribution in [-0.4, -0.2) is 37.2 Å². The number of hydrogen-bond donors (Lipinski definition) is 0. The summed E-state index contributed by atoms with van der Waals surface area (Å²) < 4.78 is 16.7. The molecule has 0 bridgehead atoms. The first-order valence-corrected chi connectivity index (χ1v) is 28.1. The second kappa shape index (κ2) is 54.0. The molecule has 0 saturated carbocycles. The van der Waals surface area contributed by atoms with Gasteiger partial charge in [0.1, 0.15) is 13.2 Å². The van der Waals surface area contributed by atoms with E-state index >= 15 is 0 Å². The molecule has 1 atom stereocenters. The summed E-state index contributed by atoms with van der Waals surface area (Å²) in [6.07, 6.45) is 65.8. The Bertz CT molecular complexity index is 1140. The number of unbranched alkanes of at least 4 members (excludes halogenated alkanes) is 32. The summed E-state index contributed by atoms with van der Waals surface area (Å²) in [6, 6.07) is 0. The van der Waals surface area contributed by atoms with Gasteiger partial charge in [-0.25, -0.2) is 0 Å². The molecule has 0 fully saturated rings. The van der Waals surface area contributed by atoms with Crippen molar-refractivity contribution in [1.29, 1.82) is 0 Å². The number of carbonyl (C=O) groups is 3. The van der Waals surface area contributed by atoms with Crippen molar-refractivity contribution in [2.45, 2.75) is 297 Å². The lowest BCUT2D eigenvalue weighted by Crippen LogP contribution is -2.30. The molecule has 0 aromatic heterocycles. The minimum atomic E-state index is -0.775. The number of rotatable bonds is 51. The zero-order valence-corrected chi connectivity index (χ0v) is 43.3. The van der Waals surface area contributed by atoms with Gasteiger partial charge in [-0.1, -0.05) is 262 Å². The molecule has 1 unspecified atom stereocenters. The van der Waals surface area contributed by atoms with Crippen molar-refractivity contribution in [3.63, 3.8) is 0 Å². The van der Waals surface area contributed by atoms with Crippen LogP contribution in [0.15, 0.2) is 48.6 Å². The Balaban J connectivity index is 4.08. The second-order valence-electron chi connectivity index (χ2n) is 18.8. The van der Waals surface area contributed by atoms with Crippen molar-refractivity contribution in [3.05, 3.63) is 48.6 Å². The van der Waals surface area contributed by atoms with Gasteiger partial charge in [0.15, 0.2) is 6.10 Å². The van der Waals surface area contributed by atoms with Gasteiger partial charge in [0.2, 0.25) is 0 Å². The minimum Gasteiger partial charge on any atom is -0.462 e. The third-order valence-corrected chi connectivity index (χ3v) is 12.3. The molecule has 0 aromatic rings. The highest BCUT2D eigenvalue weighted by Crippen LogP contribution is 2.17. The smallest absolute Gasteiger partial charge is 0.306 e. The average molecular weight is 911 g/mol. The van der Waals surface area contributed by atoms with E-state index in [2.05, 4.69) is 69.4 Å². The van der Waals surface area contributed by atoms with Gasteiger partial charge < -0.3 is 14.2 Å². The van der Waals surface area contributed by atoms with E-state index in [1.54, 1.807) is 0 Å². The van der Waals surface area contributed by atoms with Gasteiger partial charge in [-0.05, 0) is 57.8 Å². The van der Waals surface area contributed by atoms with Gasteiger partial charge in [-0.15, -0.1) is 0 Å². The predicted molar refractivity (Wildman–Crippen MR) is 279 cm³/mol. The molecule has 0 saturated heterocycles. The number of ether oxygens (including phenoxy) is 3. The van der Waals surface area contributed by atoms with Crippen LogP contribution in [0.3, 0.4) is 0 Å². The van der Waals surface area contributed by atoms with Crippen LogP contribution in [0.1, 0.15) is 290 Å². The Labute approximate surface area is 403 Å². The number of esters is 3. The summed E-state index contributed by atoms with van der Waals surface area (Å²) in [5.41, 5.74) is 0. The molecule has 0 aliphatic rings. The van der Waals surface area contributed by atoms with Crippen LogP contribution in [0.2, 0.25) is 0 Å². The van der Waals surface area contributed by atoms with Gasteiger partial charge in [0.05, 0.1) is 0 Å². The fraction of sp³-hybridized carbons (Fsp3) is 0.814. The van der Waals surface area contributed by atoms with Crippen LogP contribution in [0.5, 0.6) is 0 Å². The van der Waals surface area contributed by atoms with Crippen molar-refractivity contribution >= 4 is 17.9 Å². The van der Waals surface area contributed by atoms with Crippen LogP contribution in [0.4, 0.5) is 0 Å². The topological polar surface area (TPSA) is 78.9 Å². The maximum atomic E-state index is 12.8. The highest BCUT2D eigenvalue weighted by Gasteiger charge is 2.19. The fourth-order valence-electron chi connectivity index (χ4n) is 8.14. The van der Waals surface area contributed by atoms with Crippen LogP contribution in [-0.2, 0) is 28.6 Å². The van der Waals surface area contributed by atoms with Crippen LogP contribution in [0.25, 0.3) is 0 Å². The van der Waals surface area contributed by atoms with Crippen molar-refractivity contribution in [2.75, 3.05) is 13.2 Å². The summed E-state index contributed by atoms with van der Waals surface area (Å²) >= 11 is 0. The van der Waals surface area contributed by atoms with E-state index in [0.29, 0.717) is 19.3 Å². The van der Waals surface area contributed by atoms with Crippen LogP contribution < -0.4 is 0 Å². The lowest BCUT2D eigenvalue weighted by molar-refractivity contribution is -0.167. The van der Waals surface area contributed by atoms with Crippen molar-refractivity contribution in [1.82, 2.24) is 0 Å². The average Bonchev–Trinajstić information content (AvgIpc) is 3.30. The Morgan fingerprint density at radius 1 is 0.323 bits per heavy atom. The number of hydrogen-bond acceptors (Lipinski definition) is 6. The van der Waals surface area contributed by atoms with Gasteiger partial charge in [-0.3, -0.25) is 14.4 Å². The molecule has 0 spiro atoms. The van der Waals surface area contributed by atoms with Gasteiger partial charge in [0, 0.05) is 19.3 Å². The Kier molecular flexibility index (Phi) is 51.8. The summed E-state index contributed by atoms with van der Waals surface area (Å²) in [5.74, 6) is -0.893. The Morgan fingerprint density at radius 3 is 0.938 bits per heavy atom. The summed E-state index contributed by atoms with van der Waals surface area (Å²) in [6.45, 7) is 6.46. The predicted octanol–water partition coefficient (Wildman–Crippen LogP) is 18.7. The Hall–Kier alpha value is -2.63. The lowest BCUT2D eigenvalue weighted by Gasteiger charge is -2.18.